The van der Waals surface area contributed by atoms with Gasteiger partial charge in [0, 0.05) is 6.54 Å². The van der Waals surface area contributed by atoms with Crippen LogP contribution in [0.4, 0.5) is 0 Å². The number of hydrogen-bond acceptors (Lipinski definition) is 7. The van der Waals surface area contributed by atoms with Crippen molar-refractivity contribution in [3.63, 3.8) is 0 Å². The highest BCUT2D eigenvalue weighted by Gasteiger charge is 2.44. The monoisotopic (exact) mass is 449 g/mol. The minimum Gasteiger partial charge on any atom is -0.504 e. The number of furan rings is 1. The van der Waals surface area contributed by atoms with Crippen LogP contribution in [0.1, 0.15) is 34.6 Å². The Hall–Kier alpha value is -4.20. The maximum Gasteiger partial charge on any atom is 0.290 e. The van der Waals surface area contributed by atoms with E-state index in [0.717, 1.165) is 5.56 Å². The van der Waals surface area contributed by atoms with Crippen molar-refractivity contribution in [2.24, 2.45) is 0 Å². The lowest BCUT2D eigenvalue weighted by Gasteiger charge is -2.27. The molecular formula is C25H23NO7. The van der Waals surface area contributed by atoms with Crippen molar-refractivity contribution in [2.75, 3.05) is 13.7 Å². The summed E-state index contributed by atoms with van der Waals surface area (Å²) in [5.74, 6) is -1.19. The minimum absolute atomic E-state index is 0.00129. The number of amides is 1. The third-order valence-corrected chi connectivity index (χ3v) is 5.38. The fourth-order valence-corrected chi connectivity index (χ4v) is 3.88. The molecule has 0 aliphatic carbocycles. The molecule has 8 heteroatoms. The summed E-state index contributed by atoms with van der Waals surface area (Å²) in [6.45, 7) is 2.19. The highest BCUT2D eigenvalue weighted by Crippen LogP contribution is 2.42. The Labute approximate surface area is 190 Å². The van der Waals surface area contributed by atoms with Crippen molar-refractivity contribution in [2.45, 2.75) is 19.5 Å². The summed E-state index contributed by atoms with van der Waals surface area (Å²) in [6, 6.07) is 13.8. The molecule has 1 unspecified atom stereocenters. The first-order valence-electron chi connectivity index (χ1n) is 10.4. The Morgan fingerprint density at radius 3 is 2.64 bits per heavy atom. The van der Waals surface area contributed by atoms with E-state index in [-0.39, 0.29) is 29.4 Å². The number of aliphatic hydroxyl groups excluding tert-OH is 1. The number of methoxy groups -OCH3 is 1. The van der Waals surface area contributed by atoms with Crippen LogP contribution < -0.4 is 9.47 Å². The molecule has 2 aromatic carbocycles. The summed E-state index contributed by atoms with van der Waals surface area (Å²) < 4.78 is 16.0. The molecule has 2 N–H and O–H groups in total. The number of benzene rings is 2. The molecule has 170 valence electrons. The van der Waals surface area contributed by atoms with Gasteiger partial charge in [0.05, 0.1) is 31.6 Å². The average molecular weight is 449 g/mol. The van der Waals surface area contributed by atoms with Crippen LogP contribution in [0.5, 0.6) is 17.2 Å². The Balaban J connectivity index is 1.81. The number of aliphatic hydroxyl groups is 1. The van der Waals surface area contributed by atoms with Gasteiger partial charge in [-0.25, -0.2) is 0 Å². The van der Waals surface area contributed by atoms with Crippen molar-refractivity contribution < 1.29 is 33.7 Å². The normalized spacial score (nSPS) is 15.8. The molecule has 3 aromatic rings. The van der Waals surface area contributed by atoms with E-state index >= 15 is 0 Å². The molecular weight excluding hydrogens is 426 g/mol. The molecule has 1 aromatic heterocycles. The van der Waals surface area contributed by atoms with Crippen LogP contribution in [0.15, 0.2) is 76.6 Å². The lowest BCUT2D eigenvalue weighted by molar-refractivity contribution is -0.130. The molecule has 0 bridgehead atoms. The van der Waals surface area contributed by atoms with Crippen LogP contribution in [-0.2, 0) is 11.3 Å². The van der Waals surface area contributed by atoms with Gasteiger partial charge in [0.15, 0.2) is 23.0 Å². The minimum atomic E-state index is -0.930. The number of ketones is 1. The molecule has 0 fully saturated rings. The van der Waals surface area contributed by atoms with Gasteiger partial charge in [-0.2, -0.15) is 0 Å². The first-order chi connectivity index (χ1) is 15.9. The summed E-state index contributed by atoms with van der Waals surface area (Å²) >= 11 is 0. The first-order valence-corrected chi connectivity index (χ1v) is 10.4. The number of Topliss-reactive ketones (excluding diaryl/α,β-unsaturated/α-hetero) is 1. The van der Waals surface area contributed by atoms with Gasteiger partial charge in [-0.15, -0.1) is 0 Å². The standard InChI is InChI=1S/C25H23NO7/c1-3-32-20-13-16(9-10-18(20)27)22-21(23(28)19-8-5-11-33-19)24(29)25(30)26(22)14-15-6-4-7-17(12-15)31-2/h4-13,22,27,29H,3,14H2,1-2H3. The van der Waals surface area contributed by atoms with Crippen LogP contribution in [0.25, 0.3) is 0 Å². The van der Waals surface area contributed by atoms with Crippen molar-refractivity contribution in [1.82, 2.24) is 4.90 Å². The van der Waals surface area contributed by atoms with Crippen LogP contribution in [0.2, 0.25) is 0 Å². The van der Waals surface area contributed by atoms with Crippen molar-refractivity contribution >= 4 is 11.7 Å². The van der Waals surface area contributed by atoms with Gasteiger partial charge < -0.3 is 29.0 Å². The summed E-state index contributed by atoms with van der Waals surface area (Å²) in [6.07, 6.45) is 1.35. The zero-order valence-electron chi connectivity index (χ0n) is 18.1. The van der Waals surface area contributed by atoms with Crippen LogP contribution in [0, 0.1) is 0 Å². The van der Waals surface area contributed by atoms with Crippen LogP contribution in [0.3, 0.4) is 0 Å². The molecule has 1 atom stereocenters. The Morgan fingerprint density at radius 1 is 1.12 bits per heavy atom. The largest absolute Gasteiger partial charge is 0.504 e. The zero-order chi connectivity index (χ0) is 23.5. The highest BCUT2D eigenvalue weighted by molar-refractivity contribution is 6.15. The van der Waals surface area contributed by atoms with E-state index in [1.165, 1.54) is 23.3 Å². The quantitative estimate of drug-likeness (QED) is 0.497. The number of phenols is 1. The maximum absolute atomic E-state index is 13.2. The van der Waals surface area contributed by atoms with Crippen molar-refractivity contribution in [1.29, 1.82) is 0 Å². The zero-order valence-corrected chi connectivity index (χ0v) is 18.1. The predicted molar refractivity (Wildman–Crippen MR) is 118 cm³/mol. The Morgan fingerprint density at radius 2 is 1.94 bits per heavy atom. The van der Waals surface area contributed by atoms with E-state index in [1.54, 1.807) is 50.4 Å². The topological polar surface area (TPSA) is 109 Å². The molecule has 2 heterocycles. The second kappa shape index (κ2) is 9.12. The smallest absolute Gasteiger partial charge is 0.290 e. The Bertz CT molecular complexity index is 1210. The second-order valence-electron chi connectivity index (χ2n) is 7.42. The molecule has 1 aliphatic heterocycles. The van der Waals surface area contributed by atoms with E-state index in [2.05, 4.69) is 0 Å². The molecule has 0 saturated carbocycles. The highest BCUT2D eigenvalue weighted by atomic mass is 16.5. The fraction of sp³-hybridized carbons (Fsp3) is 0.200. The van der Waals surface area contributed by atoms with Crippen LogP contribution >= 0.6 is 0 Å². The molecule has 1 amide bonds. The molecule has 0 spiro atoms. The van der Waals surface area contributed by atoms with Gasteiger partial charge >= 0.3 is 0 Å². The summed E-state index contributed by atoms with van der Waals surface area (Å²) in [5, 5.41) is 20.9. The summed E-state index contributed by atoms with van der Waals surface area (Å²) in [7, 11) is 1.54. The predicted octanol–water partition coefficient (Wildman–Crippen LogP) is 4.17. The van der Waals surface area contributed by atoms with Gasteiger partial charge in [-0.3, -0.25) is 9.59 Å². The number of aromatic hydroxyl groups is 1. The Kier molecular flexibility index (Phi) is 6.08. The molecule has 8 nitrogen and oxygen atoms in total. The first kappa shape index (κ1) is 22.0. The van der Waals surface area contributed by atoms with E-state index in [9.17, 15) is 19.8 Å². The molecule has 0 saturated heterocycles. The second-order valence-corrected chi connectivity index (χ2v) is 7.42. The number of ether oxygens (including phenoxy) is 2. The average Bonchev–Trinajstić information content (AvgIpc) is 3.44. The van der Waals surface area contributed by atoms with Gasteiger partial charge in [-0.05, 0) is 54.4 Å². The molecule has 1 aliphatic rings. The van der Waals surface area contributed by atoms with Crippen LogP contribution in [-0.4, -0.2) is 40.5 Å². The number of phenolic OH excluding ortho intramolecular Hbond substituents is 1. The molecule has 0 radical (unpaired) electrons. The molecule has 4 rings (SSSR count). The fourth-order valence-electron chi connectivity index (χ4n) is 3.88. The van der Waals surface area contributed by atoms with E-state index in [0.29, 0.717) is 17.9 Å². The third kappa shape index (κ3) is 4.15. The van der Waals surface area contributed by atoms with E-state index < -0.39 is 23.5 Å². The van der Waals surface area contributed by atoms with Crippen molar-refractivity contribution in [3.8, 4) is 17.2 Å². The van der Waals surface area contributed by atoms with E-state index in [4.69, 9.17) is 13.9 Å². The van der Waals surface area contributed by atoms with Gasteiger partial charge in [0.25, 0.3) is 5.91 Å². The SMILES string of the molecule is CCOc1cc(C2C(C(=O)c3ccco3)=C(O)C(=O)N2Cc2cccc(OC)c2)ccc1O. The number of rotatable bonds is 8. The number of hydrogen-bond donors (Lipinski definition) is 2. The van der Waals surface area contributed by atoms with E-state index in [1.807, 2.05) is 6.07 Å². The summed E-state index contributed by atoms with van der Waals surface area (Å²) in [5.41, 5.74) is 1.13. The van der Waals surface area contributed by atoms with Gasteiger partial charge in [-0.1, -0.05) is 18.2 Å². The number of carbonyl (C=O) groups excluding carboxylic acids is 2. The number of nitrogens with zero attached hydrogens (tertiary/aromatic N) is 1. The number of carbonyl (C=O) groups is 2. The van der Waals surface area contributed by atoms with Gasteiger partial charge in [0.2, 0.25) is 5.78 Å². The lowest BCUT2D eigenvalue weighted by atomic mass is 9.94. The van der Waals surface area contributed by atoms with Crippen molar-refractivity contribution in [3.05, 3.63) is 89.1 Å². The third-order valence-electron chi connectivity index (χ3n) is 5.38. The molecule has 33 heavy (non-hydrogen) atoms. The summed E-state index contributed by atoms with van der Waals surface area (Å²) in [4.78, 5) is 27.8. The van der Waals surface area contributed by atoms with Gasteiger partial charge in [0.1, 0.15) is 5.75 Å². The lowest BCUT2D eigenvalue weighted by Crippen LogP contribution is -2.30. The maximum atomic E-state index is 13.2.